The summed E-state index contributed by atoms with van der Waals surface area (Å²) in [7, 11) is -3.45. The normalized spacial score (nSPS) is 11.4. The van der Waals surface area contributed by atoms with Crippen LogP contribution in [0.15, 0.2) is 60.1 Å². The number of hydrogen-bond acceptors (Lipinski definition) is 5. The van der Waals surface area contributed by atoms with Crippen molar-refractivity contribution in [1.29, 1.82) is 0 Å². The first-order valence-electron chi connectivity index (χ1n) is 7.38. The number of halogens is 1. The average Bonchev–Trinajstić information content (AvgIpc) is 3.07. The lowest BCUT2D eigenvalue weighted by atomic mass is 10.2. The number of nitrogens with one attached hydrogen (secondary N) is 1. The fraction of sp³-hybridized carbons (Fsp3) is 0.118. The molecule has 5 nitrogen and oxygen atoms in total. The summed E-state index contributed by atoms with van der Waals surface area (Å²) in [5, 5.41) is 2.91. The van der Waals surface area contributed by atoms with Gasteiger partial charge in [-0.25, -0.2) is 18.1 Å². The minimum Gasteiger partial charge on any atom is -0.431 e. The van der Waals surface area contributed by atoms with Gasteiger partial charge < -0.3 is 4.74 Å². The molecule has 0 amide bonds. The molecule has 0 spiro atoms. The van der Waals surface area contributed by atoms with E-state index in [0.717, 1.165) is 5.56 Å². The molecule has 2 aromatic carbocycles. The Kier molecular flexibility index (Phi) is 5.70. The topological polar surface area (TPSA) is 68.3 Å². The second-order valence-corrected chi connectivity index (χ2v) is 8.35. The van der Waals surface area contributed by atoms with Crippen LogP contribution in [-0.2, 0) is 22.3 Å². The number of aromatic nitrogens is 1. The molecular weight excluding hydrogens is 380 g/mol. The van der Waals surface area contributed by atoms with Gasteiger partial charge in [-0.2, -0.15) is 0 Å². The summed E-state index contributed by atoms with van der Waals surface area (Å²) in [6.45, 7) is 0.209. The molecule has 8 heteroatoms. The van der Waals surface area contributed by atoms with Crippen molar-refractivity contribution < 1.29 is 13.2 Å². The predicted octanol–water partition coefficient (Wildman–Crippen LogP) is 4.21. The lowest BCUT2D eigenvalue weighted by molar-refractivity contribution is 0.478. The maximum absolute atomic E-state index is 12.2. The lowest BCUT2D eigenvalue weighted by Crippen LogP contribution is -2.24. The van der Waals surface area contributed by atoms with Gasteiger partial charge in [0, 0.05) is 23.1 Å². The van der Waals surface area contributed by atoms with E-state index in [4.69, 9.17) is 16.3 Å². The molecule has 0 aliphatic rings. The molecule has 0 saturated carbocycles. The van der Waals surface area contributed by atoms with Gasteiger partial charge in [-0.15, -0.1) is 0 Å². The minimum atomic E-state index is -3.45. The van der Waals surface area contributed by atoms with E-state index >= 15 is 0 Å². The van der Waals surface area contributed by atoms with Gasteiger partial charge in [0.2, 0.25) is 10.0 Å². The number of nitrogens with zero attached hydrogens (tertiary/aromatic N) is 1. The van der Waals surface area contributed by atoms with Crippen LogP contribution >= 0.6 is 22.9 Å². The van der Waals surface area contributed by atoms with Crippen molar-refractivity contribution in [2.45, 2.75) is 12.3 Å². The highest BCUT2D eigenvalue weighted by Crippen LogP contribution is 2.23. The Bertz CT molecular complexity index is 927. The third-order valence-corrected chi connectivity index (χ3v) is 5.46. The number of ether oxygens (including phenoxy) is 1. The molecule has 3 aromatic rings. The second kappa shape index (κ2) is 7.97. The quantitative estimate of drug-likeness (QED) is 0.651. The summed E-state index contributed by atoms with van der Waals surface area (Å²) < 4.78 is 32.5. The van der Waals surface area contributed by atoms with Crippen LogP contribution in [0, 0.1) is 0 Å². The highest BCUT2D eigenvalue weighted by Gasteiger charge is 2.11. The van der Waals surface area contributed by atoms with Gasteiger partial charge in [0.25, 0.3) is 5.19 Å². The molecule has 130 valence electrons. The number of sulfonamides is 1. The predicted molar refractivity (Wildman–Crippen MR) is 99.5 cm³/mol. The Hall–Kier alpha value is -1.93. The zero-order chi connectivity index (χ0) is 17.7. The first-order chi connectivity index (χ1) is 12.0. The van der Waals surface area contributed by atoms with Crippen LogP contribution in [-0.4, -0.2) is 13.4 Å². The number of benzene rings is 2. The van der Waals surface area contributed by atoms with E-state index in [1.165, 1.54) is 11.3 Å². The monoisotopic (exact) mass is 394 g/mol. The van der Waals surface area contributed by atoms with Crippen LogP contribution < -0.4 is 9.46 Å². The lowest BCUT2D eigenvalue weighted by Gasteiger charge is -2.08. The van der Waals surface area contributed by atoms with Crippen LogP contribution in [0.4, 0.5) is 0 Å². The van der Waals surface area contributed by atoms with E-state index in [0.29, 0.717) is 21.5 Å². The first kappa shape index (κ1) is 17.9. The fourth-order valence-electron chi connectivity index (χ4n) is 2.13. The Morgan fingerprint density at radius 3 is 2.60 bits per heavy atom. The van der Waals surface area contributed by atoms with Gasteiger partial charge >= 0.3 is 0 Å². The molecule has 0 atom stereocenters. The molecule has 25 heavy (non-hydrogen) atoms. The van der Waals surface area contributed by atoms with Crippen molar-refractivity contribution in [2.24, 2.45) is 0 Å². The molecule has 0 aliphatic carbocycles. The van der Waals surface area contributed by atoms with Crippen molar-refractivity contribution in [3.8, 4) is 10.9 Å². The molecule has 1 aromatic heterocycles. The molecule has 0 saturated heterocycles. The van der Waals surface area contributed by atoms with E-state index < -0.39 is 10.0 Å². The average molecular weight is 395 g/mol. The zero-order valence-electron chi connectivity index (χ0n) is 13.1. The third-order valence-electron chi connectivity index (χ3n) is 3.28. The Labute approximate surface area is 155 Å². The zero-order valence-corrected chi connectivity index (χ0v) is 15.4. The highest BCUT2D eigenvalue weighted by molar-refractivity contribution is 7.88. The van der Waals surface area contributed by atoms with Gasteiger partial charge in [-0.3, -0.25) is 0 Å². The van der Waals surface area contributed by atoms with E-state index in [9.17, 15) is 8.42 Å². The summed E-state index contributed by atoms with van der Waals surface area (Å²) in [5.41, 5.74) is 1.48. The van der Waals surface area contributed by atoms with E-state index in [2.05, 4.69) is 9.71 Å². The van der Waals surface area contributed by atoms with Crippen LogP contribution in [0.2, 0.25) is 5.02 Å². The molecule has 0 fully saturated rings. The van der Waals surface area contributed by atoms with E-state index in [1.807, 2.05) is 17.5 Å². The first-order valence-corrected chi connectivity index (χ1v) is 10.3. The number of rotatable bonds is 7. The number of hydrogen-bond donors (Lipinski definition) is 1. The van der Waals surface area contributed by atoms with Gasteiger partial charge in [-0.1, -0.05) is 47.2 Å². The minimum absolute atomic E-state index is 0.112. The van der Waals surface area contributed by atoms with Crippen molar-refractivity contribution >= 4 is 33.0 Å². The summed E-state index contributed by atoms with van der Waals surface area (Å²) in [5.74, 6) is 0.541. The van der Waals surface area contributed by atoms with Gasteiger partial charge in [0.05, 0.1) is 5.75 Å². The fourth-order valence-corrected chi connectivity index (χ4v) is 3.95. The summed E-state index contributed by atoms with van der Waals surface area (Å²) >= 11 is 7.28. The molecule has 1 N–H and O–H groups in total. The summed E-state index contributed by atoms with van der Waals surface area (Å²) in [4.78, 5) is 4.04. The SMILES string of the molecule is O=S(=O)(Cc1cccc(Cl)c1)NCc1ccc(Oc2nccs2)cc1. The smallest absolute Gasteiger partial charge is 0.278 e. The summed E-state index contributed by atoms with van der Waals surface area (Å²) in [6.07, 6.45) is 1.67. The van der Waals surface area contributed by atoms with Crippen LogP contribution in [0.5, 0.6) is 10.9 Å². The van der Waals surface area contributed by atoms with Crippen molar-refractivity contribution in [3.05, 3.63) is 76.3 Å². The standard InChI is InChI=1S/C17H15ClN2O3S2/c18-15-3-1-2-14(10-15)12-25(21,22)20-11-13-4-6-16(7-5-13)23-17-19-8-9-24-17/h1-10,20H,11-12H2. The third kappa shape index (κ3) is 5.54. The molecule has 1 heterocycles. The van der Waals surface area contributed by atoms with Crippen LogP contribution in [0.1, 0.15) is 11.1 Å². The Balaban J connectivity index is 1.57. The van der Waals surface area contributed by atoms with Crippen LogP contribution in [0.25, 0.3) is 0 Å². The number of thiazole rings is 1. The molecule has 0 bridgehead atoms. The molecule has 0 unspecified atom stereocenters. The van der Waals surface area contributed by atoms with Crippen molar-refractivity contribution in [3.63, 3.8) is 0 Å². The van der Waals surface area contributed by atoms with Gasteiger partial charge in [-0.05, 0) is 35.4 Å². The van der Waals surface area contributed by atoms with Crippen LogP contribution in [0.3, 0.4) is 0 Å². The van der Waals surface area contributed by atoms with Crippen molar-refractivity contribution in [2.75, 3.05) is 0 Å². The Morgan fingerprint density at radius 2 is 1.92 bits per heavy atom. The van der Waals surface area contributed by atoms with Gasteiger partial charge in [0.15, 0.2) is 0 Å². The highest BCUT2D eigenvalue weighted by atomic mass is 35.5. The van der Waals surface area contributed by atoms with E-state index in [1.54, 1.807) is 42.6 Å². The molecule has 0 radical (unpaired) electrons. The maximum atomic E-state index is 12.2. The second-order valence-electron chi connectivity index (χ2n) is 5.25. The maximum Gasteiger partial charge on any atom is 0.278 e. The largest absolute Gasteiger partial charge is 0.431 e. The molecule has 3 rings (SSSR count). The Morgan fingerprint density at radius 1 is 1.12 bits per heavy atom. The molecular formula is C17H15ClN2O3S2. The van der Waals surface area contributed by atoms with E-state index in [-0.39, 0.29) is 12.3 Å². The van der Waals surface area contributed by atoms with Gasteiger partial charge in [0.1, 0.15) is 5.75 Å². The summed E-state index contributed by atoms with van der Waals surface area (Å²) in [6, 6.07) is 14.0. The van der Waals surface area contributed by atoms with Crippen molar-refractivity contribution in [1.82, 2.24) is 9.71 Å². The molecule has 0 aliphatic heterocycles.